The van der Waals surface area contributed by atoms with Crippen molar-refractivity contribution in [3.8, 4) is 5.75 Å². The quantitative estimate of drug-likeness (QED) is 0.0887. The summed E-state index contributed by atoms with van der Waals surface area (Å²) >= 11 is 2.42. The normalized spacial score (nSPS) is 16.6. The molecule has 0 bridgehead atoms. The zero-order valence-corrected chi connectivity index (χ0v) is 22.8. The number of nitrogens with zero attached hydrogens (tertiary/aromatic N) is 3. The highest BCUT2D eigenvalue weighted by molar-refractivity contribution is 8.00. The summed E-state index contributed by atoms with van der Waals surface area (Å²) in [5.74, 6) is -1.27. The Balaban J connectivity index is 1.52. The molecule has 0 saturated carbocycles. The third kappa shape index (κ3) is 5.43. The fourth-order valence-corrected chi connectivity index (χ4v) is 6.09. The molecule has 1 N–H and O–H groups in total. The van der Waals surface area contributed by atoms with Gasteiger partial charge in [-0.1, -0.05) is 71.1 Å². The highest BCUT2D eigenvalue weighted by Crippen LogP contribution is 2.44. The topological polar surface area (TPSA) is 92.6 Å². The summed E-state index contributed by atoms with van der Waals surface area (Å²) < 4.78 is 20.0. The second-order valence-electron chi connectivity index (χ2n) is 8.77. The van der Waals surface area contributed by atoms with Crippen LogP contribution in [0, 0.1) is 12.7 Å². The summed E-state index contributed by atoms with van der Waals surface area (Å²) in [6, 6.07) is 19.6. The molecular weight excluding hydrogens is 537 g/mol. The predicted molar refractivity (Wildman–Crippen MR) is 149 cm³/mol. The van der Waals surface area contributed by atoms with E-state index < -0.39 is 17.7 Å². The van der Waals surface area contributed by atoms with Crippen molar-refractivity contribution in [3.63, 3.8) is 0 Å². The number of aryl methyl sites for hydroxylation is 1. The molecule has 1 unspecified atom stereocenters. The molecule has 39 heavy (non-hydrogen) atoms. The second-order valence-corrected chi connectivity index (χ2v) is 10.9. The Bertz CT molecular complexity index is 1550. The number of hydrogen-bond donors (Lipinski definition) is 1. The van der Waals surface area contributed by atoms with Crippen molar-refractivity contribution < 1.29 is 23.8 Å². The Kier molecular flexibility index (Phi) is 7.76. The van der Waals surface area contributed by atoms with E-state index in [2.05, 4.69) is 10.2 Å². The largest absolute Gasteiger partial charge is 0.507 e. The molecule has 7 nitrogen and oxygen atoms in total. The van der Waals surface area contributed by atoms with Crippen LogP contribution in [0.15, 0.2) is 82.7 Å². The first-order chi connectivity index (χ1) is 18.9. The molecule has 0 radical (unpaired) electrons. The lowest BCUT2D eigenvalue weighted by Crippen LogP contribution is -2.29. The molecule has 10 heteroatoms. The van der Waals surface area contributed by atoms with Gasteiger partial charge in [-0.2, -0.15) is 0 Å². The van der Waals surface area contributed by atoms with Crippen molar-refractivity contribution >= 4 is 45.7 Å². The standard InChI is InChI=1S/C29H24FN3O4S2/c1-3-37-21-14-12-19(13-15-21)25(34)23-24(18-10-8-17(2)9-11-18)33(27(36)26(23)35)28-31-32-29(39-28)38-16-20-6-4-5-7-22(20)30/h4-15,24,34H,3,16H2,1-2H3/b25-23-. The Labute approximate surface area is 233 Å². The number of rotatable bonds is 8. The van der Waals surface area contributed by atoms with Gasteiger partial charge in [-0.05, 0) is 55.3 Å². The van der Waals surface area contributed by atoms with E-state index in [1.54, 1.807) is 42.5 Å². The number of thioether (sulfide) groups is 1. The molecule has 1 fully saturated rings. The van der Waals surface area contributed by atoms with E-state index in [0.29, 0.717) is 39.1 Å². The molecule has 0 spiro atoms. The van der Waals surface area contributed by atoms with Gasteiger partial charge in [0, 0.05) is 11.3 Å². The summed E-state index contributed by atoms with van der Waals surface area (Å²) in [6.45, 7) is 4.30. The molecule has 1 aliphatic rings. The van der Waals surface area contributed by atoms with Gasteiger partial charge in [0.25, 0.3) is 5.78 Å². The van der Waals surface area contributed by atoms with Gasteiger partial charge in [-0.3, -0.25) is 14.5 Å². The van der Waals surface area contributed by atoms with Crippen LogP contribution < -0.4 is 9.64 Å². The minimum Gasteiger partial charge on any atom is -0.507 e. The number of halogens is 1. The molecule has 1 aliphatic heterocycles. The van der Waals surface area contributed by atoms with E-state index >= 15 is 0 Å². The molecular formula is C29H24FN3O4S2. The lowest BCUT2D eigenvalue weighted by molar-refractivity contribution is -0.132. The van der Waals surface area contributed by atoms with Gasteiger partial charge < -0.3 is 9.84 Å². The van der Waals surface area contributed by atoms with Crippen molar-refractivity contribution in [1.82, 2.24) is 10.2 Å². The van der Waals surface area contributed by atoms with Crippen LogP contribution in [0.25, 0.3) is 5.76 Å². The van der Waals surface area contributed by atoms with Crippen molar-refractivity contribution in [2.45, 2.75) is 30.0 Å². The summed E-state index contributed by atoms with van der Waals surface area (Å²) in [6.07, 6.45) is 0. The van der Waals surface area contributed by atoms with Crippen LogP contribution in [0.3, 0.4) is 0 Å². The lowest BCUT2D eigenvalue weighted by atomic mass is 9.95. The first-order valence-corrected chi connectivity index (χ1v) is 14.0. The number of amides is 1. The minimum absolute atomic E-state index is 0.0382. The van der Waals surface area contributed by atoms with Crippen LogP contribution in [0.5, 0.6) is 5.75 Å². The smallest absolute Gasteiger partial charge is 0.301 e. The third-order valence-electron chi connectivity index (χ3n) is 6.19. The van der Waals surface area contributed by atoms with Crippen LogP contribution in [0.4, 0.5) is 9.52 Å². The first-order valence-electron chi connectivity index (χ1n) is 12.2. The molecule has 3 aromatic carbocycles. The van der Waals surface area contributed by atoms with Gasteiger partial charge in [0.05, 0.1) is 18.2 Å². The van der Waals surface area contributed by atoms with Crippen LogP contribution >= 0.6 is 23.1 Å². The number of carbonyl (C=O) groups is 2. The Morgan fingerprint density at radius 1 is 1.05 bits per heavy atom. The van der Waals surface area contributed by atoms with Gasteiger partial charge in [-0.15, -0.1) is 10.2 Å². The zero-order valence-electron chi connectivity index (χ0n) is 21.1. The Morgan fingerprint density at radius 2 is 1.77 bits per heavy atom. The van der Waals surface area contributed by atoms with E-state index in [4.69, 9.17) is 4.74 Å². The number of Topliss-reactive ketones (excluding diaryl/α,β-unsaturated/α-hetero) is 1. The lowest BCUT2D eigenvalue weighted by Gasteiger charge is -2.22. The summed E-state index contributed by atoms with van der Waals surface area (Å²) in [7, 11) is 0. The van der Waals surface area contributed by atoms with Crippen LogP contribution in [-0.2, 0) is 15.3 Å². The van der Waals surface area contributed by atoms with Crippen molar-refractivity contribution in [2.24, 2.45) is 0 Å². The fourth-order valence-electron chi connectivity index (χ4n) is 4.24. The van der Waals surface area contributed by atoms with E-state index in [0.717, 1.165) is 16.9 Å². The second kappa shape index (κ2) is 11.4. The molecule has 1 amide bonds. The number of aromatic nitrogens is 2. The van der Waals surface area contributed by atoms with Gasteiger partial charge in [-0.25, -0.2) is 4.39 Å². The SMILES string of the molecule is CCOc1ccc(/C(O)=C2/C(=O)C(=O)N(c3nnc(SCc4ccccc4F)s3)C2c2ccc(C)cc2)cc1. The minimum atomic E-state index is -0.908. The molecule has 0 aliphatic carbocycles. The Morgan fingerprint density at radius 3 is 2.46 bits per heavy atom. The van der Waals surface area contributed by atoms with E-state index in [1.807, 2.05) is 38.1 Å². The maximum absolute atomic E-state index is 14.1. The van der Waals surface area contributed by atoms with Crippen molar-refractivity contribution in [1.29, 1.82) is 0 Å². The van der Waals surface area contributed by atoms with E-state index in [9.17, 15) is 19.1 Å². The molecule has 5 rings (SSSR count). The molecule has 4 aromatic rings. The number of aliphatic hydroxyl groups is 1. The summed E-state index contributed by atoms with van der Waals surface area (Å²) in [5, 5.41) is 19.9. The zero-order chi connectivity index (χ0) is 27.5. The average molecular weight is 562 g/mol. The fraction of sp³-hybridized carbons (Fsp3) is 0.172. The van der Waals surface area contributed by atoms with Crippen LogP contribution in [0.1, 0.15) is 35.2 Å². The van der Waals surface area contributed by atoms with Crippen molar-refractivity contribution in [3.05, 3.63) is 106 Å². The number of hydrogen-bond acceptors (Lipinski definition) is 8. The predicted octanol–water partition coefficient (Wildman–Crippen LogP) is 6.30. The third-order valence-corrected chi connectivity index (χ3v) is 8.29. The summed E-state index contributed by atoms with van der Waals surface area (Å²) in [4.78, 5) is 28.0. The molecule has 2 heterocycles. The molecule has 1 aromatic heterocycles. The molecule has 1 saturated heterocycles. The van der Waals surface area contributed by atoms with Gasteiger partial charge in [0.15, 0.2) is 4.34 Å². The maximum Gasteiger partial charge on any atom is 0.301 e. The number of aliphatic hydroxyl groups excluding tert-OH is 1. The number of benzene rings is 3. The summed E-state index contributed by atoms with van der Waals surface area (Å²) in [5.41, 5.74) is 2.51. The number of ketones is 1. The average Bonchev–Trinajstić information content (AvgIpc) is 3.51. The molecule has 1 atom stereocenters. The maximum atomic E-state index is 14.1. The number of ether oxygens (including phenoxy) is 1. The highest BCUT2D eigenvalue weighted by Gasteiger charge is 2.48. The number of carbonyl (C=O) groups excluding carboxylic acids is 2. The molecule has 198 valence electrons. The van der Waals surface area contributed by atoms with E-state index in [1.165, 1.54) is 22.7 Å². The van der Waals surface area contributed by atoms with Crippen molar-refractivity contribution in [2.75, 3.05) is 11.5 Å². The monoisotopic (exact) mass is 561 g/mol. The van der Waals surface area contributed by atoms with Crippen LogP contribution in [0.2, 0.25) is 0 Å². The van der Waals surface area contributed by atoms with Gasteiger partial charge in [0.1, 0.15) is 17.3 Å². The Hall–Kier alpha value is -4.02. The first kappa shape index (κ1) is 26.6. The van der Waals surface area contributed by atoms with Gasteiger partial charge in [0.2, 0.25) is 5.13 Å². The number of anilines is 1. The van der Waals surface area contributed by atoms with Gasteiger partial charge >= 0.3 is 5.91 Å². The van der Waals surface area contributed by atoms with Crippen LogP contribution in [-0.4, -0.2) is 33.6 Å². The highest BCUT2D eigenvalue weighted by atomic mass is 32.2. The van der Waals surface area contributed by atoms with E-state index in [-0.39, 0.29) is 22.3 Å².